The third-order valence-corrected chi connectivity index (χ3v) is 2.90. The van der Waals surface area contributed by atoms with E-state index in [1.165, 1.54) is 0 Å². The number of hydrogen-bond acceptors (Lipinski definition) is 4. The van der Waals surface area contributed by atoms with Crippen molar-refractivity contribution in [3.8, 4) is 0 Å². The molecule has 0 spiro atoms. The maximum Gasteiger partial charge on any atom is 0.229 e. The van der Waals surface area contributed by atoms with Gasteiger partial charge in [0, 0.05) is 18.7 Å². The highest BCUT2D eigenvalue weighted by Gasteiger charge is 2.11. The number of nitrogens with zero attached hydrogens (tertiary/aromatic N) is 3. The van der Waals surface area contributed by atoms with E-state index in [4.69, 9.17) is 29.6 Å². The van der Waals surface area contributed by atoms with Crippen molar-refractivity contribution in [2.75, 3.05) is 11.4 Å². The highest BCUT2D eigenvalue weighted by Crippen LogP contribution is 2.22. The molecule has 0 saturated carbocycles. The lowest BCUT2D eigenvalue weighted by atomic mass is 10.2. The highest BCUT2D eigenvalue weighted by atomic mass is 35.5. The molecule has 1 aromatic carbocycles. The van der Waals surface area contributed by atoms with Crippen LogP contribution in [0, 0.1) is 0 Å². The smallest absolute Gasteiger partial charge is 0.229 e. The molecule has 0 radical (unpaired) electrons. The molecular formula is C13H13ClN4S. The Labute approximate surface area is 122 Å². The molecule has 2 aromatic rings. The second-order valence-corrected chi connectivity index (χ2v) is 4.87. The molecule has 6 heteroatoms. The first kappa shape index (κ1) is 13.7. The van der Waals surface area contributed by atoms with Gasteiger partial charge in [0.05, 0.1) is 22.4 Å². The molecule has 4 nitrogen and oxygen atoms in total. The highest BCUT2D eigenvalue weighted by molar-refractivity contribution is 7.80. The van der Waals surface area contributed by atoms with Crippen LogP contribution in [0.3, 0.4) is 0 Å². The standard InChI is InChI=1S/C13H13ClN4S/c14-10-8-16-13(17-9-10)18(7-6-12(15)19)11-4-2-1-3-5-11/h1-5,8-9H,6-7H2,(H2,15,19). The number of rotatable bonds is 5. The summed E-state index contributed by atoms with van der Waals surface area (Å²) in [6, 6.07) is 9.84. The Morgan fingerprint density at radius 2 is 1.84 bits per heavy atom. The van der Waals surface area contributed by atoms with E-state index in [1.54, 1.807) is 12.4 Å². The number of thiocarbonyl (C=S) groups is 1. The van der Waals surface area contributed by atoms with Crippen molar-refractivity contribution < 1.29 is 0 Å². The Kier molecular flexibility index (Phi) is 4.65. The molecule has 0 aliphatic carbocycles. The van der Waals surface area contributed by atoms with E-state index in [-0.39, 0.29) is 0 Å². The van der Waals surface area contributed by atoms with Gasteiger partial charge in [-0.2, -0.15) is 0 Å². The zero-order chi connectivity index (χ0) is 13.7. The van der Waals surface area contributed by atoms with Crippen molar-refractivity contribution in [2.24, 2.45) is 5.73 Å². The minimum atomic E-state index is 0.467. The number of benzene rings is 1. The Balaban J connectivity index is 2.28. The average molecular weight is 293 g/mol. The fourth-order valence-corrected chi connectivity index (χ4v) is 1.81. The van der Waals surface area contributed by atoms with Crippen molar-refractivity contribution in [1.82, 2.24) is 9.97 Å². The molecule has 0 amide bonds. The van der Waals surface area contributed by atoms with Gasteiger partial charge in [0.1, 0.15) is 0 Å². The van der Waals surface area contributed by atoms with Crippen LogP contribution < -0.4 is 10.6 Å². The predicted molar refractivity (Wildman–Crippen MR) is 81.9 cm³/mol. The quantitative estimate of drug-likeness (QED) is 0.859. The van der Waals surface area contributed by atoms with Gasteiger partial charge in [0.25, 0.3) is 0 Å². The number of aromatic nitrogens is 2. The number of halogens is 1. The normalized spacial score (nSPS) is 10.2. The second-order valence-electron chi connectivity index (χ2n) is 3.90. The molecule has 0 aliphatic heterocycles. The fraction of sp³-hybridized carbons (Fsp3) is 0.154. The minimum Gasteiger partial charge on any atom is -0.393 e. The maximum absolute atomic E-state index is 5.81. The molecule has 2 rings (SSSR count). The van der Waals surface area contributed by atoms with E-state index in [0.717, 1.165) is 5.69 Å². The van der Waals surface area contributed by atoms with Crippen LogP contribution >= 0.6 is 23.8 Å². The summed E-state index contributed by atoms with van der Waals surface area (Å²) in [5.74, 6) is 0.576. The van der Waals surface area contributed by atoms with Crippen molar-refractivity contribution in [1.29, 1.82) is 0 Å². The summed E-state index contributed by atoms with van der Waals surface area (Å²) in [6.45, 7) is 0.626. The topological polar surface area (TPSA) is 55.0 Å². The van der Waals surface area contributed by atoms with Gasteiger partial charge < -0.3 is 10.6 Å². The van der Waals surface area contributed by atoms with Gasteiger partial charge in [0.2, 0.25) is 5.95 Å². The molecule has 0 unspecified atom stereocenters. The lowest BCUT2D eigenvalue weighted by Gasteiger charge is -2.22. The molecule has 98 valence electrons. The van der Waals surface area contributed by atoms with Crippen LogP contribution in [0.4, 0.5) is 11.6 Å². The van der Waals surface area contributed by atoms with Crippen molar-refractivity contribution >= 4 is 40.4 Å². The van der Waals surface area contributed by atoms with E-state index in [1.807, 2.05) is 35.2 Å². The Hall–Kier alpha value is -1.72. The van der Waals surface area contributed by atoms with Crippen LogP contribution in [0.15, 0.2) is 42.7 Å². The molecule has 1 heterocycles. The van der Waals surface area contributed by atoms with Crippen LogP contribution in [-0.4, -0.2) is 21.5 Å². The molecule has 0 bridgehead atoms. The van der Waals surface area contributed by atoms with E-state index in [9.17, 15) is 0 Å². The molecule has 0 fully saturated rings. The second kappa shape index (κ2) is 6.45. The van der Waals surface area contributed by atoms with Gasteiger partial charge >= 0.3 is 0 Å². The van der Waals surface area contributed by atoms with Crippen LogP contribution in [0.5, 0.6) is 0 Å². The number of hydrogen-bond donors (Lipinski definition) is 1. The van der Waals surface area contributed by atoms with Crippen LogP contribution in [0.25, 0.3) is 0 Å². The first-order chi connectivity index (χ1) is 9.16. The zero-order valence-corrected chi connectivity index (χ0v) is 11.7. The largest absolute Gasteiger partial charge is 0.393 e. The number of anilines is 2. The molecule has 0 atom stereocenters. The first-order valence-corrected chi connectivity index (χ1v) is 6.54. The van der Waals surface area contributed by atoms with Gasteiger partial charge in [-0.15, -0.1) is 0 Å². The third kappa shape index (κ3) is 3.87. The summed E-state index contributed by atoms with van der Waals surface area (Å²) < 4.78 is 0. The maximum atomic E-state index is 5.81. The minimum absolute atomic E-state index is 0.467. The molecule has 0 aliphatic rings. The van der Waals surface area contributed by atoms with Gasteiger partial charge in [-0.25, -0.2) is 9.97 Å². The summed E-state index contributed by atoms with van der Waals surface area (Å²) >= 11 is 10.7. The number of para-hydroxylation sites is 1. The van der Waals surface area contributed by atoms with Gasteiger partial charge in [-0.3, -0.25) is 0 Å². The van der Waals surface area contributed by atoms with Gasteiger partial charge in [-0.1, -0.05) is 42.0 Å². The molecular weight excluding hydrogens is 280 g/mol. The summed E-state index contributed by atoms with van der Waals surface area (Å²) in [6.07, 6.45) is 3.73. The summed E-state index contributed by atoms with van der Waals surface area (Å²) in [5, 5.41) is 0.506. The lowest BCUT2D eigenvalue weighted by Crippen LogP contribution is -2.24. The van der Waals surface area contributed by atoms with Crippen LogP contribution in [0.1, 0.15) is 6.42 Å². The Bertz CT molecular complexity index is 544. The van der Waals surface area contributed by atoms with Crippen LogP contribution in [0.2, 0.25) is 5.02 Å². The fourth-order valence-electron chi connectivity index (χ4n) is 1.62. The van der Waals surface area contributed by atoms with Crippen molar-refractivity contribution in [2.45, 2.75) is 6.42 Å². The molecule has 19 heavy (non-hydrogen) atoms. The average Bonchev–Trinajstić information content (AvgIpc) is 2.42. The zero-order valence-electron chi connectivity index (χ0n) is 10.2. The van der Waals surface area contributed by atoms with Gasteiger partial charge in [-0.05, 0) is 12.1 Å². The summed E-state index contributed by atoms with van der Waals surface area (Å²) in [5.41, 5.74) is 6.55. The van der Waals surface area contributed by atoms with E-state index in [0.29, 0.717) is 28.9 Å². The monoisotopic (exact) mass is 292 g/mol. The lowest BCUT2D eigenvalue weighted by molar-refractivity contribution is 0.911. The van der Waals surface area contributed by atoms with Crippen molar-refractivity contribution in [3.63, 3.8) is 0 Å². The van der Waals surface area contributed by atoms with Crippen molar-refractivity contribution in [3.05, 3.63) is 47.7 Å². The first-order valence-electron chi connectivity index (χ1n) is 5.75. The van der Waals surface area contributed by atoms with E-state index < -0.39 is 0 Å². The third-order valence-electron chi connectivity index (χ3n) is 2.50. The molecule has 0 saturated heterocycles. The summed E-state index contributed by atoms with van der Waals surface area (Å²) in [7, 11) is 0. The Morgan fingerprint density at radius 1 is 1.21 bits per heavy atom. The van der Waals surface area contributed by atoms with Crippen LogP contribution in [-0.2, 0) is 0 Å². The number of nitrogens with two attached hydrogens (primary N) is 1. The summed E-state index contributed by atoms with van der Waals surface area (Å²) in [4.78, 5) is 10.9. The van der Waals surface area contributed by atoms with E-state index in [2.05, 4.69) is 9.97 Å². The predicted octanol–water partition coefficient (Wildman–Crippen LogP) is 2.94. The molecule has 2 N–H and O–H groups in total. The molecule has 1 aromatic heterocycles. The van der Waals surface area contributed by atoms with E-state index >= 15 is 0 Å². The van der Waals surface area contributed by atoms with Gasteiger partial charge in [0.15, 0.2) is 0 Å². The SMILES string of the molecule is NC(=S)CCN(c1ccccc1)c1ncc(Cl)cn1. The Morgan fingerprint density at radius 3 is 2.42 bits per heavy atom.